The van der Waals surface area contributed by atoms with Crippen LogP contribution in [0.1, 0.15) is 98.1 Å². The number of ether oxygens (including phenoxy) is 4. The number of fused-ring (bicyclic) bond motifs is 6. The monoisotopic (exact) mass is 800 g/mol. The molecule has 0 radical (unpaired) electrons. The lowest BCUT2D eigenvalue weighted by Crippen LogP contribution is -2.41. The molecule has 9 rings (SSSR count). The van der Waals surface area contributed by atoms with Gasteiger partial charge in [0.25, 0.3) is 0 Å². The molecule has 0 saturated heterocycles. The van der Waals surface area contributed by atoms with Crippen molar-refractivity contribution < 1.29 is 34.0 Å². The van der Waals surface area contributed by atoms with Crippen LogP contribution in [-0.4, -0.2) is 68.3 Å². The maximum atomic E-state index is 12.5. The van der Waals surface area contributed by atoms with Crippen molar-refractivity contribution in [1.82, 2.24) is 16.0 Å². The number of allylic oxidation sites excluding steroid dienone is 3. The normalized spacial score (nSPS) is 25.6. The summed E-state index contributed by atoms with van der Waals surface area (Å²) in [6.07, 6.45) is 12.4. The van der Waals surface area contributed by atoms with Crippen molar-refractivity contribution >= 4 is 5.97 Å². The van der Waals surface area contributed by atoms with Crippen LogP contribution in [0.2, 0.25) is 0 Å². The number of esters is 1. The smallest absolute Gasteiger partial charge is 0.302 e. The highest BCUT2D eigenvalue weighted by Crippen LogP contribution is 2.62. The minimum atomic E-state index is -0.587. The predicted octanol–water partition coefficient (Wildman–Crippen LogP) is 6.29. The number of phenols is 2. The third-order valence-electron chi connectivity index (χ3n) is 13.5. The van der Waals surface area contributed by atoms with Gasteiger partial charge in [-0.25, -0.2) is 0 Å². The number of phenolic OH excluding ortho intramolecular Hbond substituents is 2. The van der Waals surface area contributed by atoms with Crippen molar-refractivity contribution in [2.45, 2.75) is 107 Å². The van der Waals surface area contributed by atoms with E-state index < -0.39 is 6.10 Å². The highest BCUT2D eigenvalue weighted by atomic mass is 16.5. The average molecular weight is 801 g/mol. The summed E-state index contributed by atoms with van der Waals surface area (Å²) in [5.74, 6) is 8.48. The molecule has 2 saturated carbocycles. The standard InChI is InChI=1S/C48H56N4O7/c1-27(53)57-26-38-35-12-13-36-44-31(18-33(54)20-42(44)56-3)23-48-16-15-28(22-48)17-30-11-14-43(49)52-39(30)10-6-7-29-19-40(55)41(21-37(29)46(38)59-47(35)45(36)48)58-34(24-50-2)25-51-32-8-4-5-9-32/h11-14,18-21,28,32,34,38,43,46,50-52,54-55H,4-5,7-9,15-17,22-26,49H2,1-3H3. The molecule has 3 aliphatic carbocycles. The van der Waals surface area contributed by atoms with Gasteiger partial charge in [0.15, 0.2) is 11.5 Å². The van der Waals surface area contributed by atoms with Gasteiger partial charge in [0.1, 0.15) is 36.1 Å². The van der Waals surface area contributed by atoms with Crippen LogP contribution >= 0.6 is 0 Å². The number of carbonyl (C=O) groups excluding carboxylic acids is 1. The summed E-state index contributed by atoms with van der Waals surface area (Å²) >= 11 is 0. The number of hydrogen-bond acceptors (Lipinski definition) is 11. The Kier molecular flexibility index (Phi) is 10.8. The van der Waals surface area contributed by atoms with E-state index in [1.165, 1.54) is 19.8 Å². The second-order valence-electron chi connectivity index (χ2n) is 17.4. The summed E-state index contributed by atoms with van der Waals surface area (Å²) in [5, 5.41) is 32.9. The Hall–Kier alpha value is -5.15. The molecule has 2 fully saturated rings. The third kappa shape index (κ3) is 7.51. The van der Waals surface area contributed by atoms with Crippen LogP contribution in [-0.2, 0) is 27.8 Å². The molecule has 3 aliphatic heterocycles. The highest BCUT2D eigenvalue weighted by Gasteiger charge is 2.51. The maximum Gasteiger partial charge on any atom is 0.302 e. The van der Waals surface area contributed by atoms with E-state index in [1.54, 1.807) is 19.2 Å². The molecule has 3 aromatic carbocycles. The number of benzene rings is 3. The zero-order chi connectivity index (χ0) is 40.8. The molecule has 310 valence electrons. The minimum absolute atomic E-state index is 0.0266. The maximum absolute atomic E-state index is 12.5. The number of dihydropyridines is 1. The van der Waals surface area contributed by atoms with E-state index in [0.29, 0.717) is 49.4 Å². The van der Waals surface area contributed by atoms with Crippen molar-refractivity contribution in [3.8, 4) is 51.7 Å². The molecule has 1 spiro atoms. The Morgan fingerprint density at radius 1 is 1.08 bits per heavy atom. The number of carbonyl (C=O) groups is 1. The van der Waals surface area contributed by atoms with Gasteiger partial charge in [-0.15, -0.1) is 0 Å². The summed E-state index contributed by atoms with van der Waals surface area (Å²) in [6, 6.07) is 12.0. The lowest BCUT2D eigenvalue weighted by Gasteiger charge is -2.39. The molecular weight excluding hydrogens is 745 g/mol. The number of methoxy groups -OCH3 is 1. The summed E-state index contributed by atoms with van der Waals surface area (Å²) in [7, 11) is 3.55. The van der Waals surface area contributed by atoms with Gasteiger partial charge in [0, 0.05) is 66.2 Å². The van der Waals surface area contributed by atoms with Crippen molar-refractivity contribution in [2.75, 3.05) is 33.9 Å². The zero-order valence-corrected chi connectivity index (χ0v) is 34.3. The number of likely N-dealkylation sites (N-methyl/N-ethyl adjacent to an activating group) is 1. The summed E-state index contributed by atoms with van der Waals surface area (Å²) in [4.78, 5) is 12.5. The number of aromatic hydroxyl groups is 2. The van der Waals surface area contributed by atoms with E-state index in [0.717, 1.165) is 94.5 Å². The van der Waals surface area contributed by atoms with Gasteiger partial charge >= 0.3 is 5.97 Å². The topological polar surface area (TPSA) is 157 Å². The van der Waals surface area contributed by atoms with E-state index in [4.69, 9.17) is 24.7 Å². The van der Waals surface area contributed by atoms with E-state index in [9.17, 15) is 15.0 Å². The molecule has 6 aliphatic rings. The van der Waals surface area contributed by atoms with Crippen molar-refractivity contribution in [2.24, 2.45) is 11.7 Å². The molecule has 0 aromatic heterocycles. The fourth-order valence-corrected chi connectivity index (χ4v) is 10.9. The lowest BCUT2D eigenvalue weighted by molar-refractivity contribution is -0.141. The Morgan fingerprint density at radius 2 is 1.93 bits per heavy atom. The second-order valence-corrected chi connectivity index (χ2v) is 17.4. The summed E-state index contributed by atoms with van der Waals surface area (Å²) in [6.45, 7) is 2.76. The van der Waals surface area contributed by atoms with Crippen molar-refractivity contribution in [1.29, 1.82) is 0 Å². The molecule has 7 N–H and O–H groups in total. The third-order valence-corrected chi connectivity index (χ3v) is 13.5. The van der Waals surface area contributed by atoms with Gasteiger partial charge < -0.3 is 50.8 Å². The molecule has 11 nitrogen and oxygen atoms in total. The Morgan fingerprint density at radius 3 is 2.73 bits per heavy atom. The van der Waals surface area contributed by atoms with Gasteiger partial charge in [-0.05, 0) is 110 Å². The first-order valence-electron chi connectivity index (χ1n) is 21.3. The quantitative estimate of drug-likeness (QED) is 0.101. The molecule has 11 heteroatoms. The molecule has 3 aromatic rings. The molecule has 6 atom stereocenters. The van der Waals surface area contributed by atoms with E-state index in [2.05, 4.69) is 46.0 Å². The first-order chi connectivity index (χ1) is 28.6. The highest BCUT2D eigenvalue weighted by molar-refractivity contribution is 5.84. The van der Waals surface area contributed by atoms with Gasteiger partial charge in [0.2, 0.25) is 0 Å². The molecule has 0 amide bonds. The Bertz CT molecular complexity index is 2270. The van der Waals surface area contributed by atoms with Crippen molar-refractivity contribution in [3.05, 3.63) is 87.6 Å². The molecule has 3 heterocycles. The Balaban J connectivity index is 1.22. The molecule has 4 bridgehead atoms. The van der Waals surface area contributed by atoms with Crippen LogP contribution in [0.4, 0.5) is 0 Å². The summed E-state index contributed by atoms with van der Waals surface area (Å²) < 4.78 is 25.8. The van der Waals surface area contributed by atoms with Gasteiger partial charge in [-0.2, -0.15) is 0 Å². The SMILES string of the molecule is CNCC(CNC1CCCC1)Oc1cc2c(cc1O)CC#CC1=C(C=CC(N)N1)CC1CCC3(Cc4cc(O)cc(OC)c4-c4ccc5c(c43)OC2C5COC(C)=O)C1. The van der Waals surface area contributed by atoms with Crippen LogP contribution in [0.5, 0.6) is 28.7 Å². The number of nitrogens with two attached hydrogens (primary N) is 1. The lowest BCUT2D eigenvalue weighted by atomic mass is 9.65. The van der Waals surface area contributed by atoms with E-state index in [1.807, 2.05) is 25.3 Å². The van der Waals surface area contributed by atoms with E-state index in [-0.39, 0.29) is 47.7 Å². The molecular formula is C48H56N4O7. The van der Waals surface area contributed by atoms with Gasteiger partial charge in [-0.3, -0.25) is 4.79 Å². The predicted molar refractivity (Wildman–Crippen MR) is 226 cm³/mol. The van der Waals surface area contributed by atoms with Crippen LogP contribution in [0, 0.1) is 17.8 Å². The van der Waals surface area contributed by atoms with Gasteiger partial charge in [0.05, 0.1) is 24.9 Å². The van der Waals surface area contributed by atoms with E-state index >= 15 is 0 Å². The molecule has 6 unspecified atom stereocenters. The van der Waals surface area contributed by atoms with Crippen LogP contribution in [0.3, 0.4) is 0 Å². The fraction of sp³-hybridized carbons (Fsp3) is 0.479. The van der Waals surface area contributed by atoms with Crippen LogP contribution in [0.15, 0.2) is 59.8 Å². The first-order valence-corrected chi connectivity index (χ1v) is 21.3. The minimum Gasteiger partial charge on any atom is -0.508 e. The number of nitrogens with one attached hydrogen (secondary N) is 3. The van der Waals surface area contributed by atoms with Crippen LogP contribution < -0.4 is 35.9 Å². The second kappa shape index (κ2) is 16.1. The van der Waals surface area contributed by atoms with Gasteiger partial charge in [-0.1, -0.05) is 37.0 Å². The average Bonchev–Trinajstić information content (AvgIpc) is 3.97. The Labute approximate surface area is 346 Å². The zero-order valence-electron chi connectivity index (χ0n) is 34.3. The summed E-state index contributed by atoms with van der Waals surface area (Å²) in [5.41, 5.74) is 14.8. The number of rotatable bonds is 10. The van der Waals surface area contributed by atoms with Crippen molar-refractivity contribution in [3.63, 3.8) is 0 Å². The van der Waals surface area contributed by atoms with Crippen LogP contribution in [0.25, 0.3) is 11.1 Å². The first kappa shape index (κ1) is 39.3. The largest absolute Gasteiger partial charge is 0.508 e. The fourth-order valence-electron chi connectivity index (χ4n) is 10.9. The number of hydrogen-bond donors (Lipinski definition) is 6. The molecule has 59 heavy (non-hydrogen) atoms.